The number of benzene rings is 1. The fraction of sp³-hybridized carbons (Fsp3) is 0.588. The summed E-state index contributed by atoms with van der Waals surface area (Å²) in [6.07, 6.45) is 1.54. The monoisotopic (exact) mass is 349 g/mol. The molecule has 2 atom stereocenters. The van der Waals surface area contributed by atoms with E-state index in [4.69, 9.17) is 9.47 Å². The smallest absolute Gasteiger partial charge is 0.269 e. The van der Waals surface area contributed by atoms with Crippen LogP contribution in [0, 0.1) is 16.0 Å². The van der Waals surface area contributed by atoms with E-state index in [0.717, 1.165) is 18.7 Å². The molecule has 1 amide bonds. The zero-order valence-corrected chi connectivity index (χ0v) is 14.1. The number of ether oxygens (including phenoxy) is 2. The van der Waals surface area contributed by atoms with E-state index in [-0.39, 0.29) is 23.6 Å². The maximum atomic E-state index is 12.6. The van der Waals surface area contributed by atoms with Gasteiger partial charge in [-0.05, 0) is 25.0 Å². The number of rotatable bonds is 5. The molecule has 0 spiro atoms. The molecule has 8 nitrogen and oxygen atoms in total. The van der Waals surface area contributed by atoms with Crippen LogP contribution >= 0.6 is 0 Å². The van der Waals surface area contributed by atoms with E-state index in [1.807, 2.05) is 4.90 Å². The normalized spacial score (nSPS) is 23.9. The van der Waals surface area contributed by atoms with Gasteiger partial charge in [0.2, 0.25) is 5.91 Å². The molecule has 0 unspecified atom stereocenters. The molecule has 3 rings (SSSR count). The van der Waals surface area contributed by atoms with Gasteiger partial charge in [0.15, 0.2) is 0 Å². The van der Waals surface area contributed by atoms with Crippen LogP contribution in [0.15, 0.2) is 24.3 Å². The van der Waals surface area contributed by atoms with Gasteiger partial charge >= 0.3 is 0 Å². The summed E-state index contributed by atoms with van der Waals surface area (Å²) in [7, 11) is 0. The zero-order valence-electron chi connectivity index (χ0n) is 14.1. The highest BCUT2D eigenvalue weighted by atomic mass is 16.6. The van der Waals surface area contributed by atoms with Crippen LogP contribution in [0.25, 0.3) is 0 Å². The van der Waals surface area contributed by atoms with Crippen LogP contribution in [0.1, 0.15) is 12.8 Å². The molecule has 8 heteroatoms. The van der Waals surface area contributed by atoms with Crippen molar-refractivity contribution >= 4 is 17.3 Å². The van der Waals surface area contributed by atoms with E-state index in [1.165, 1.54) is 12.1 Å². The van der Waals surface area contributed by atoms with Crippen LogP contribution in [0.3, 0.4) is 0 Å². The molecule has 2 aliphatic rings. The molecule has 0 aliphatic carbocycles. The fourth-order valence-corrected chi connectivity index (χ4v) is 3.18. The van der Waals surface area contributed by atoms with Gasteiger partial charge in [0.05, 0.1) is 30.2 Å². The number of nitro groups is 1. The van der Waals surface area contributed by atoms with Crippen molar-refractivity contribution in [1.29, 1.82) is 0 Å². The Hall–Kier alpha value is -2.19. The Kier molecular flexibility index (Phi) is 5.83. The molecule has 0 radical (unpaired) electrons. The minimum absolute atomic E-state index is 0.0348. The van der Waals surface area contributed by atoms with Gasteiger partial charge < -0.3 is 19.7 Å². The molecule has 25 heavy (non-hydrogen) atoms. The Bertz CT molecular complexity index is 599. The third-order valence-electron chi connectivity index (χ3n) is 4.58. The molecule has 136 valence electrons. The van der Waals surface area contributed by atoms with Crippen LogP contribution in [0.2, 0.25) is 0 Å². The quantitative estimate of drug-likeness (QED) is 0.642. The zero-order chi connectivity index (χ0) is 17.6. The number of amides is 1. The van der Waals surface area contributed by atoms with Crippen molar-refractivity contribution < 1.29 is 19.2 Å². The number of hydrogen-bond acceptors (Lipinski definition) is 6. The molecule has 2 saturated heterocycles. The second kappa shape index (κ2) is 8.26. The molecule has 1 aromatic rings. The van der Waals surface area contributed by atoms with Gasteiger partial charge in [-0.1, -0.05) is 0 Å². The fourth-order valence-electron chi connectivity index (χ4n) is 3.18. The highest BCUT2D eigenvalue weighted by Gasteiger charge is 2.33. The van der Waals surface area contributed by atoms with Gasteiger partial charge in [-0.15, -0.1) is 0 Å². The number of nitrogens with one attached hydrogen (secondary N) is 1. The minimum Gasteiger partial charge on any atom is -0.382 e. The van der Waals surface area contributed by atoms with Crippen LogP contribution in [0.5, 0.6) is 0 Å². The number of carbonyl (C=O) groups excluding carboxylic acids is 1. The first-order valence-corrected chi connectivity index (χ1v) is 8.60. The molecule has 0 saturated carbocycles. The number of carbonyl (C=O) groups is 1. The number of nitro benzene ring substituents is 1. The SMILES string of the molecule is O=C([C@@H]1CO[C@H](CNc2ccc([N+](=O)[O-])cc2)C1)N1CCCOCC1. The van der Waals surface area contributed by atoms with Crippen molar-refractivity contribution in [2.24, 2.45) is 5.92 Å². The lowest BCUT2D eigenvalue weighted by Crippen LogP contribution is -2.38. The minimum atomic E-state index is -0.423. The lowest BCUT2D eigenvalue weighted by atomic mass is 10.0. The lowest BCUT2D eigenvalue weighted by Gasteiger charge is -2.22. The van der Waals surface area contributed by atoms with Gasteiger partial charge in [0.1, 0.15) is 0 Å². The summed E-state index contributed by atoms with van der Waals surface area (Å²) >= 11 is 0. The van der Waals surface area contributed by atoms with Crippen LogP contribution in [-0.2, 0) is 14.3 Å². The third kappa shape index (κ3) is 4.67. The van der Waals surface area contributed by atoms with E-state index in [0.29, 0.717) is 39.3 Å². The largest absolute Gasteiger partial charge is 0.382 e. The van der Waals surface area contributed by atoms with Gasteiger partial charge in [0, 0.05) is 44.1 Å². The van der Waals surface area contributed by atoms with Gasteiger partial charge in [-0.2, -0.15) is 0 Å². The first-order valence-electron chi connectivity index (χ1n) is 8.60. The van der Waals surface area contributed by atoms with E-state index in [9.17, 15) is 14.9 Å². The summed E-state index contributed by atoms with van der Waals surface area (Å²) < 4.78 is 11.1. The highest BCUT2D eigenvalue weighted by Crippen LogP contribution is 2.23. The first kappa shape index (κ1) is 17.6. The van der Waals surface area contributed by atoms with Crippen molar-refractivity contribution in [3.8, 4) is 0 Å². The Morgan fingerprint density at radius 2 is 2.08 bits per heavy atom. The average molecular weight is 349 g/mol. The Labute approximate surface area is 146 Å². The molecule has 2 aliphatic heterocycles. The summed E-state index contributed by atoms with van der Waals surface area (Å²) in [5.74, 6) is 0.0603. The standard InChI is InChI=1S/C17H23N3O5/c21-17(19-6-1-8-24-9-7-19)13-10-16(25-12-13)11-18-14-2-4-15(5-3-14)20(22)23/h2-5,13,16,18H,1,6-12H2/t13-,16-/m0/s1. The molecule has 0 bridgehead atoms. The van der Waals surface area contributed by atoms with Gasteiger partial charge in [-0.25, -0.2) is 0 Å². The Balaban J connectivity index is 1.46. The van der Waals surface area contributed by atoms with Gasteiger partial charge in [-0.3, -0.25) is 14.9 Å². The summed E-state index contributed by atoms with van der Waals surface area (Å²) in [5, 5.41) is 13.9. The summed E-state index contributed by atoms with van der Waals surface area (Å²) in [6.45, 7) is 3.74. The van der Waals surface area contributed by atoms with E-state index in [1.54, 1.807) is 12.1 Å². The molecule has 2 fully saturated rings. The van der Waals surface area contributed by atoms with Crippen molar-refractivity contribution in [1.82, 2.24) is 4.90 Å². The van der Waals surface area contributed by atoms with Crippen molar-refractivity contribution in [2.75, 3.05) is 44.8 Å². The molecule has 1 N–H and O–H groups in total. The third-order valence-corrected chi connectivity index (χ3v) is 4.58. The molecular weight excluding hydrogens is 326 g/mol. The van der Waals surface area contributed by atoms with Crippen molar-refractivity contribution in [3.63, 3.8) is 0 Å². The van der Waals surface area contributed by atoms with Crippen molar-refractivity contribution in [3.05, 3.63) is 34.4 Å². The average Bonchev–Trinajstić information content (AvgIpc) is 2.93. The van der Waals surface area contributed by atoms with E-state index in [2.05, 4.69) is 5.32 Å². The Morgan fingerprint density at radius 1 is 1.28 bits per heavy atom. The topological polar surface area (TPSA) is 93.9 Å². The second-order valence-corrected chi connectivity index (χ2v) is 6.36. The highest BCUT2D eigenvalue weighted by molar-refractivity contribution is 5.79. The lowest BCUT2D eigenvalue weighted by molar-refractivity contribution is -0.384. The summed E-state index contributed by atoms with van der Waals surface area (Å²) in [4.78, 5) is 24.7. The van der Waals surface area contributed by atoms with Crippen LogP contribution in [0.4, 0.5) is 11.4 Å². The number of anilines is 1. The molecule has 0 aromatic heterocycles. The van der Waals surface area contributed by atoms with Gasteiger partial charge in [0.25, 0.3) is 5.69 Å². The molecule has 2 heterocycles. The van der Waals surface area contributed by atoms with Crippen LogP contribution < -0.4 is 5.32 Å². The number of nitrogens with zero attached hydrogens (tertiary/aromatic N) is 2. The van der Waals surface area contributed by atoms with Crippen LogP contribution in [-0.4, -0.2) is 61.3 Å². The van der Waals surface area contributed by atoms with Crippen molar-refractivity contribution in [2.45, 2.75) is 18.9 Å². The van der Waals surface area contributed by atoms with E-state index < -0.39 is 4.92 Å². The number of hydrogen-bond donors (Lipinski definition) is 1. The Morgan fingerprint density at radius 3 is 2.84 bits per heavy atom. The maximum Gasteiger partial charge on any atom is 0.269 e. The summed E-state index contributed by atoms with van der Waals surface area (Å²) in [6, 6.07) is 6.27. The summed E-state index contributed by atoms with van der Waals surface area (Å²) in [5.41, 5.74) is 0.864. The maximum absolute atomic E-state index is 12.6. The first-order chi connectivity index (χ1) is 12.1. The second-order valence-electron chi connectivity index (χ2n) is 6.36. The molecule has 1 aromatic carbocycles. The predicted molar refractivity (Wildman–Crippen MR) is 91.4 cm³/mol. The molecular formula is C17H23N3O5. The number of non-ortho nitro benzene ring substituents is 1. The van der Waals surface area contributed by atoms with E-state index >= 15 is 0 Å². The predicted octanol–water partition coefficient (Wildman–Crippen LogP) is 1.66.